The van der Waals surface area contributed by atoms with Crippen LogP contribution in [0.5, 0.6) is 0 Å². The predicted molar refractivity (Wildman–Crippen MR) is 112 cm³/mol. The molecular weight excluding hydrogens is 368 g/mol. The number of aromatic nitrogens is 1. The maximum absolute atomic E-state index is 13.0. The summed E-state index contributed by atoms with van der Waals surface area (Å²) in [5.74, 6) is -0.127. The van der Waals surface area contributed by atoms with Crippen LogP contribution in [0.2, 0.25) is 0 Å². The predicted octanol–water partition coefficient (Wildman–Crippen LogP) is 2.76. The molecule has 7 heteroatoms. The fourth-order valence-electron chi connectivity index (χ4n) is 4.44. The van der Waals surface area contributed by atoms with Crippen LogP contribution in [0.25, 0.3) is 10.9 Å². The second-order valence-corrected chi connectivity index (χ2v) is 8.11. The van der Waals surface area contributed by atoms with Gasteiger partial charge in [-0.3, -0.25) is 9.59 Å². The van der Waals surface area contributed by atoms with Gasteiger partial charge in [0, 0.05) is 42.1 Å². The molecule has 1 aromatic carbocycles. The van der Waals surface area contributed by atoms with Crippen molar-refractivity contribution in [1.82, 2.24) is 20.5 Å². The van der Waals surface area contributed by atoms with E-state index in [1.165, 1.54) is 25.3 Å². The highest BCUT2D eigenvalue weighted by Crippen LogP contribution is 2.20. The van der Waals surface area contributed by atoms with Crippen LogP contribution in [-0.2, 0) is 0 Å². The molecule has 7 nitrogen and oxygen atoms in total. The highest BCUT2D eigenvalue weighted by Gasteiger charge is 2.26. The van der Waals surface area contributed by atoms with Gasteiger partial charge < -0.3 is 20.5 Å². The zero-order valence-corrected chi connectivity index (χ0v) is 16.6. The number of nitrogens with one attached hydrogen (secondary N) is 3. The second-order valence-electron chi connectivity index (χ2n) is 8.11. The minimum atomic E-state index is -0.275. The summed E-state index contributed by atoms with van der Waals surface area (Å²) >= 11 is 0. The smallest absolute Gasteiger partial charge is 0.315 e. The number of carbonyl (C=O) groups is 2. The van der Waals surface area contributed by atoms with E-state index in [2.05, 4.69) is 15.6 Å². The molecule has 1 aliphatic heterocycles. The first-order chi connectivity index (χ1) is 14.1. The van der Waals surface area contributed by atoms with Gasteiger partial charge in [0.1, 0.15) is 0 Å². The van der Waals surface area contributed by atoms with Gasteiger partial charge in [0.2, 0.25) is 5.56 Å². The van der Waals surface area contributed by atoms with Crippen LogP contribution >= 0.6 is 0 Å². The molecule has 2 heterocycles. The molecule has 2 aliphatic rings. The van der Waals surface area contributed by atoms with Crippen molar-refractivity contribution in [1.29, 1.82) is 0 Å². The van der Waals surface area contributed by atoms with Crippen LogP contribution in [0.1, 0.15) is 55.3 Å². The Bertz CT molecular complexity index is 940. The van der Waals surface area contributed by atoms with Gasteiger partial charge in [-0.1, -0.05) is 37.5 Å². The van der Waals surface area contributed by atoms with Gasteiger partial charge >= 0.3 is 6.03 Å². The zero-order chi connectivity index (χ0) is 20.2. The van der Waals surface area contributed by atoms with Gasteiger partial charge in [-0.05, 0) is 31.7 Å². The molecule has 154 valence electrons. The quantitative estimate of drug-likeness (QED) is 0.745. The second kappa shape index (κ2) is 8.68. The maximum Gasteiger partial charge on any atom is 0.315 e. The van der Waals surface area contributed by atoms with Crippen molar-refractivity contribution in [2.24, 2.45) is 0 Å². The number of pyridine rings is 1. The van der Waals surface area contributed by atoms with E-state index in [1.54, 1.807) is 11.0 Å². The summed E-state index contributed by atoms with van der Waals surface area (Å²) in [7, 11) is 0. The monoisotopic (exact) mass is 396 g/mol. The summed E-state index contributed by atoms with van der Waals surface area (Å²) in [4.78, 5) is 41.8. The third-order valence-electron chi connectivity index (χ3n) is 6.04. The van der Waals surface area contributed by atoms with Gasteiger partial charge in [-0.2, -0.15) is 0 Å². The fourth-order valence-corrected chi connectivity index (χ4v) is 4.44. The fraction of sp³-hybridized carbons (Fsp3) is 0.500. The van der Waals surface area contributed by atoms with Crippen molar-refractivity contribution in [2.45, 2.75) is 57.0 Å². The third kappa shape index (κ3) is 4.60. The van der Waals surface area contributed by atoms with Crippen LogP contribution in [0.15, 0.2) is 35.1 Å². The largest absolute Gasteiger partial charge is 0.338 e. The molecule has 4 rings (SSSR count). The van der Waals surface area contributed by atoms with E-state index in [9.17, 15) is 14.4 Å². The van der Waals surface area contributed by atoms with Gasteiger partial charge in [-0.25, -0.2) is 4.79 Å². The topological polar surface area (TPSA) is 94.3 Å². The minimum absolute atomic E-state index is 0.0681. The number of aromatic amines is 1. The Hall–Kier alpha value is -2.83. The molecule has 3 amide bonds. The average molecular weight is 396 g/mol. The van der Waals surface area contributed by atoms with E-state index >= 15 is 0 Å². The number of hydrogen-bond donors (Lipinski definition) is 3. The summed E-state index contributed by atoms with van der Waals surface area (Å²) in [5, 5.41) is 6.90. The minimum Gasteiger partial charge on any atom is -0.338 e. The van der Waals surface area contributed by atoms with E-state index in [-0.39, 0.29) is 29.6 Å². The summed E-state index contributed by atoms with van der Waals surface area (Å²) in [6.07, 6.45) is 7.17. The Kier molecular flexibility index (Phi) is 5.83. The number of fused-ring (bicyclic) bond motifs is 1. The number of para-hydroxylation sites is 1. The van der Waals surface area contributed by atoms with Crippen molar-refractivity contribution in [2.75, 3.05) is 13.1 Å². The lowest BCUT2D eigenvalue weighted by Gasteiger charge is -2.33. The number of carbonyl (C=O) groups excluding carboxylic acids is 2. The molecule has 1 saturated heterocycles. The SMILES string of the molecule is O=C(NC1CCCCC1)NC1CCN(C(=O)c2cc(=O)[nH]c3ccccc23)CC1. The molecular formula is C22H28N4O3. The van der Waals surface area contributed by atoms with Gasteiger partial charge in [0.15, 0.2) is 0 Å². The molecule has 2 aromatic rings. The number of benzene rings is 1. The van der Waals surface area contributed by atoms with Crippen LogP contribution in [0, 0.1) is 0 Å². The highest BCUT2D eigenvalue weighted by molar-refractivity contribution is 6.05. The van der Waals surface area contributed by atoms with Crippen LogP contribution < -0.4 is 16.2 Å². The van der Waals surface area contributed by atoms with Gasteiger partial charge in [0.05, 0.1) is 5.56 Å². The summed E-state index contributed by atoms with van der Waals surface area (Å²) in [6.45, 7) is 1.13. The van der Waals surface area contributed by atoms with Gasteiger partial charge in [0.25, 0.3) is 5.91 Å². The first kappa shape index (κ1) is 19.5. The number of urea groups is 1. The van der Waals surface area contributed by atoms with Crippen LogP contribution in [0.4, 0.5) is 4.79 Å². The summed E-state index contributed by atoms with van der Waals surface area (Å²) in [5.41, 5.74) is 0.827. The number of hydrogen-bond acceptors (Lipinski definition) is 3. The maximum atomic E-state index is 13.0. The first-order valence-corrected chi connectivity index (χ1v) is 10.6. The number of nitrogens with zero attached hydrogens (tertiary/aromatic N) is 1. The highest BCUT2D eigenvalue weighted by atomic mass is 16.2. The molecule has 29 heavy (non-hydrogen) atoms. The van der Waals surface area contributed by atoms with E-state index in [4.69, 9.17) is 0 Å². The Morgan fingerprint density at radius 1 is 0.931 bits per heavy atom. The number of piperidine rings is 1. The summed E-state index contributed by atoms with van der Waals surface area (Å²) < 4.78 is 0. The Labute approximate surface area is 169 Å². The first-order valence-electron chi connectivity index (χ1n) is 10.6. The van der Waals surface area contributed by atoms with E-state index < -0.39 is 0 Å². The van der Waals surface area contributed by atoms with Gasteiger partial charge in [-0.15, -0.1) is 0 Å². The molecule has 0 bridgehead atoms. The van der Waals surface area contributed by atoms with Crippen molar-refractivity contribution in [3.05, 3.63) is 46.2 Å². The lowest BCUT2D eigenvalue weighted by molar-refractivity contribution is 0.0710. The van der Waals surface area contributed by atoms with Crippen molar-refractivity contribution >= 4 is 22.8 Å². The Balaban J connectivity index is 1.34. The molecule has 1 aromatic heterocycles. The molecule has 0 unspecified atom stereocenters. The van der Waals surface area contributed by atoms with Crippen LogP contribution in [-0.4, -0.2) is 47.0 Å². The van der Waals surface area contributed by atoms with Crippen molar-refractivity contribution < 1.29 is 9.59 Å². The summed E-state index contributed by atoms with van der Waals surface area (Å²) in [6, 6.07) is 8.99. The lowest BCUT2D eigenvalue weighted by atomic mass is 9.96. The van der Waals surface area contributed by atoms with Crippen molar-refractivity contribution in [3.8, 4) is 0 Å². The molecule has 0 atom stereocenters. The Morgan fingerprint density at radius 3 is 2.31 bits per heavy atom. The lowest BCUT2D eigenvalue weighted by Crippen LogP contribution is -2.51. The zero-order valence-electron chi connectivity index (χ0n) is 16.6. The Morgan fingerprint density at radius 2 is 1.59 bits per heavy atom. The van der Waals surface area contributed by atoms with E-state index in [0.29, 0.717) is 37.0 Å². The molecule has 1 aliphatic carbocycles. The standard InChI is InChI=1S/C22H28N4O3/c27-20-14-18(17-8-4-5-9-19(17)25-20)21(28)26-12-10-16(11-13-26)24-22(29)23-15-6-2-1-3-7-15/h4-5,8-9,14-16H,1-3,6-7,10-13H2,(H,25,27)(H2,23,24,29). The van der Waals surface area contributed by atoms with E-state index in [1.807, 2.05) is 18.2 Å². The molecule has 1 saturated carbocycles. The number of H-pyrrole nitrogens is 1. The average Bonchev–Trinajstić information content (AvgIpc) is 2.74. The van der Waals surface area contributed by atoms with Crippen molar-refractivity contribution in [3.63, 3.8) is 0 Å². The van der Waals surface area contributed by atoms with E-state index in [0.717, 1.165) is 18.2 Å². The molecule has 3 N–H and O–H groups in total. The number of rotatable bonds is 3. The third-order valence-corrected chi connectivity index (χ3v) is 6.04. The molecule has 0 radical (unpaired) electrons. The number of likely N-dealkylation sites (tertiary alicyclic amines) is 1. The van der Waals surface area contributed by atoms with Crippen LogP contribution in [0.3, 0.4) is 0 Å². The normalized spacial score (nSPS) is 18.6. The molecule has 2 fully saturated rings. The number of amides is 3. The molecule has 0 spiro atoms.